The minimum Gasteiger partial charge on any atom is -0.399 e. The van der Waals surface area contributed by atoms with Gasteiger partial charge >= 0.3 is 0 Å². The molecule has 0 aliphatic rings. The molecule has 5 nitrogen and oxygen atoms in total. The average molecular weight is 311 g/mol. The fraction of sp³-hybridized carbons (Fsp3) is 0.231. The van der Waals surface area contributed by atoms with Crippen LogP contribution in [0.2, 0.25) is 5.02 Å². The molecule has 106 valence electrons. The molecular weight excluding hydrogens is 296 g/mol. The number of nitrogens with one attached hydrogen (secondary N) is 1. The first-order valence-corrected chi connectivity index (χ1v) is 7.30. The lowest BCUT2D eigenvalue weighted by atomic mass is 10.3. The van der Waals surface area contributed by atoms with Crippen LogP contribution < -0.4 is 11.1 Å². The number of carbonyl (C=O) groups excluding carboxylic acids is 1. The number of anilines is 2. The largest absolute Gasteiger partial charge is 0.399 e. The molecule has 20 heavy (non-hydrogen) atoms. The van der Waals surface area contributed by atoms with Crippen LogP contribution in [0.3, 0.4) is 0 Å². The number of nitrogen functional groups attached to an aromatic ring is 1. The van der Waals surface area contributed by atoms with Gasteiger partial charge in [-0.3, -0.25) is 9.48 Å². The number of benzene rings is 1. The molecule has 0 radical (unpaired) electrons. The third-order valence-corrected chi connectivity index (χ3v) is 3.97. The Morgan fingerprint density at radius 2 is 2.25 bits per heavy atom. The monoisotopic (exact) mass is 310 g/mol. The molecule has 0 saturated heterocycles. The van der Waals surface area contributed by atoms with Crippen molar-refractivity contribution in [2.75, 3.05) is 16.8 Å². The summed E-state index contributed by atoms with van der Waals surface area (Å²) in [6.07, 6.45) is 0. The molecule has 1 aromatic carbocycles. The first-order chi connectivity index (χ1) is 9.45. The average Bonchev–Trinajstić information content (AvgIpc) is 2.69. The number of nitrogens with zero attached hydrogens (tertiary/aromatic N) is 2. The highest BCUT2D eigenvalue weighted by Crippen LogP contribution is 2.25. The molecule has 0 atom stereocenters. The molecule has 2 rings (SSSR count). The van der Waals surface area contributed by atoms with E-state index in [1.807, 2.05) is 20.0 Å². The minimum atomic E-state index is -0.125. The molecule has 3 N–H and O–H groups in total. The highest BCUT2D eigenvalue weighted by Gasteiger charge is 2.09. The number of aromatic nitrogens is 2. The topological polar surface area (TPSA) is 72.9 Å². The maximum Gasteiger partial charge on any atom is 0.234 e. The van der Waals surface area contributed by atoms with Gasteiger partial charge in [0.15, 0.2) is 0 Å². The quantitative estimate of drug-likeness (QED) is 0.672. The molecule has 1 aromatic heterocycles. The van der Waals surface area contributed by atoms with Crippen LogP contribution in [0, 0.1) is 6.92 Å². The van der Waals surface area contributed by atoms with Gasteiger partial charge in [0.25, 0.3) is 0 Å². The Morgan fingerprint density at radius 3 is 2.85 bits per heavy atom. The van der Waals surface area contributed by atoms with Crippen molar-refractivity contribution in [3.63, 3.8) is 0 Å². The van der Waals surface area contributed by atoms with Crippen molar-refractivity contribution in [2.24, 2.45) is 7.05 Å². The van der Waals surface area contributed by atoms with E-state index in [1.165, 1.54) is 11.8 Å². The normalized spacial score (nSPS) is 10.6. The Hall–Kier alpha value is -1.66. The highest BCUT2D eigenvalue weighted by atomic mass is 35.5. The number of hydrogen-bond acceptors (Lipinski definition) is 4. The second-order valence-corrected chi connectivity index (χ2v) is 5.73. The van der Waals surface area contributed by atoms with Crippen LogP contribution in [0.5, 0.6) is 0 Å². The van der Waals surface area contributed by atoms with Crippen molar-refractivity contribution in [3.8, 4) is 0 Å². The van der Waals surface area contributed by atoms with E-state index in [0.717, 1.165) is 10.7 Å². The number of hydrogen-bond donors (Lipinski definition) is 2. The lowest BCUT2D eigenvalue weighted by Gasteiger charge is -2.07. The summed E-state index contributed by atoms with van der Waals surface area (Å²) >= 11 is 7.43. The Labute approximate surface area is 126 Å². The van der Waals surface area contributed by atoms with Gasteiger partial charge in [-0.25, -0.2) is 0 Å². The molecule has 2 aromatic rings. The Kier molecular flexibility index (Phi) is 4.57. The zero-order valence-electron chi connectivity index (χ0n) is 11.2. The van der Waals surface area contributed by atoms with E-state index in [4.69, 9.17) is 17.3 Å². The Balaban J connectivity index is 1.94. The van der Waals surface area contributed by atoms with Crippen molar-refractivity contribution < 1.29 is 4.79 Å². The van der Waals surface area contributed by atoms with Crippen LogP contribution in [0.25, 0.3) is 0 Å². The number of aryl methyl sites for hydroxylation is 2. The summed E-state index contributed by atoms with van der Waals surface area (Å²) in [5, 5.41) is 8.36. The molecule has 7 heteroatoms. The molecule has 0 aliphatic heterocycles. The molecule has 0 spiro atoms. The number of nitrogens with two attached hydrogens (primary N) is 1. The van der Waals surface area contributed by atoms with Crippen LogP contribution in [0.15, 0.2) is 29.3 Å². The smallest absolute Gasteiger partial charge is 0.234 e. The van der Waals surface area contributed by atoms with Gasteiger partial charge in [0.2, 0.25) is 5.91 Å². The van der Waals surface area contributed by atoms with Crippen LogP contribution in [0.4, 0.5) is 11.4 Å². The van der Waals surface area contributed by atoms with Gasteiger partial charge in [-0.2, -0.15) is 5.10 Å². The van der Waals surface area contributed by atoms with E-state index in [9.17, 15) is 4.79 Å². The van der Waals surface area contributed by atoms with E-state index < -0.39 is 0 Å². The standard InChI is InChI=1S/C13H15ClN4OS/c1-8-5-13(18(2)17-8)20-7-12(19)16-11-4-3-9(15)6-10(11)14/h3-6H,7,15H2,1-2H3,(H,16,19). The van der Waals surface area contributed by atoms with Gasteiger partial charge in [0.05, 0.1) is 27.2 Å². The summed E-state index contributed by atoms with van der Waals surface area (Å²) in [7, 11) is 1.85. The van der Waals surface area contributed by atoms with E-state index in [-0.39, 0.29) is 5.91 Å². The van der Waals surface area contributed by atoms with Crippen LogP contribution in [0.1, 0.15) is 5.69 Å². The van der Waals surface area contributed by atoms with Crippen LogP contribution in [-0.2, 0) is 11.8 Å². The van der Waals surface area contributed by atoms with Crippen LogP contribution >= 0.6 is 23.4 Å². The third-order valence-electron chi connectivity index (χ3n) is 2.58. The van der Waals surface area contributed by atoms with Gasteiger partial charge in [-0.1, -0.05) is 23.4 Å². The van der Waals surface area contributed by atoms with Gasteiger partial charge in [-0.05, 0) is 31.2 Å². The summed E-state index contributed by atoms with van der Waals surface area (Å²) in [5.74, 6) is 0.167. The van der Waals surface area contributed by atoms with Crippen LogP contribution in [-0.4, -0.2) is 21.4 Å². The van der Waals surface area contributed by atoms with Crippen molar-refractivity contribution >= 4 is 40.6 Å². The number of halogens is 1. The Morgan fingerprint density at radius 1 is 1.50 bits per heavy atom. The molecule has 0 bridgehead atoms. The maximum atomic E-state index is 11.9. The zero-order valence-corrected chi connectivity index (χ0v) is 12.8. The van der Waals surface area contributed by atoms with Gasteiger partial charge < -0.3 is 11.1 Å². The predicted octanol–water partition coefficient (Wildman–Crippen LogP) is 2.69. The summed E-state index contributed by atoms with van der Waals surface area (Å²) < 4.78 is 1.75. The molecule has 0 fully saturated rings. The number of thioether (sulfide) groups is 1. The third kappa shape index (κ3) is 3.68. The first-order valence-electron chi connectivity index (χ1n) is 5.94. The van der Waals surface area contributed by atoms with Crippen molar-refractivity contribution in [2.45, 2.75) is 11.9 Å². The lowest BCUT2D eigenvalue weighted by molar-refractivity contribution is -0.113. The van der Waals surface area contributed by atoms with Gasteiger partial charge in [0, 0.05) is 12.7 Å². The zero-order chi connectivity index (χ0) is 14.7. The maximum absolute atomic E-state index is 11.9. The second kappa shape index (κ2) is 6.19. The predicted molar refractivity (Wildman–Crippen MR) is 83.2 cm³/mol. The summed E-state index contributed by atoms with van der Waals surface area (Å²) in [6.45, 7) is 1.91. The molecule has 0 unspecified atom stereocenters. The first kappa shape index (κ1) is 14.7. The molecular formula is C13H15ClN4OS. The minimum absolute atomic E-state index is 0.125. The SMILES string of the molecule is Cc1cc(SCC(=O)Nc2ccc(N)cc2Cl)n(C)n1. The lowest BCUT2D eigenvalue weighted by Crippen LogP contribution is -2.14. The van der Waals surface area contributed by atoms with E-state index in [1.54, 1.807) is 22.9 Å². The fourth-order valence-electron chi connectivity index (χ4n) is 1.68. The van der Waals surface area contributed by atoms with E-state index in [2.05, 4.69) is 10.4 Å². The molecule has 1 amide bonds. The van der Waals surface area contributed by atoms with E-state index >= 15 is 0 Å². The van der Waals surface area contributed by atoms with Gasteiger partial charge in [0.1, 0.15) is 0 Å². The van der Waals surface area contributed by atoms with Crippen molar-refractivity contribution in [3.05, 3.63) is 35.0 Å². The number of carbonyl (C=O) groups is 1. The summed E-state index contributed by atoms with van der Waals surface area (Å²) in [4.78, 5) is 11.9. The van der Waals surface area contributed by atoms with Crippen molar-refractivity contribution in [1.82, 2.24) is 9.78 Å². The van der Waals surface area contributed by atoms with E-state index in [0.29, 0.717) is 22.2 Å². The molecule has 0 aliphatic carbocycles. The Bertz CT molecular complexity index is 641. The number of rotatable bonds is 4. The number of amides is 1. The summed E-state index contributed by atoms with van der Waals surface area (Å²) in [5.41, 5.74) is 7.65. The van der Waals surface area contributed by atoms with Crippen molar-refractivity contribution in [1.29, 1.82) is 0 Å². The van der Waals surface area contributed by atoms with Gasteiger partial charge in [-0.15, -0.1) is 0 Å². The highest BCUT2D eigenvalue weighted by molar-refractivity contribution is 7.99. The second-order valence-electron chi connectivity index (χ2n) is 4.32. The molecule has 0 saturated carbocycles. The summed E-state index contributed by atoms with van der Waals surface area (Å²) in [6, 6.07) is 6.93. The fourth-order valence-corrected chi connectivity index (χ4v) is 2.75. The molecule has 1 heterocycles.